The van der Waals surface area contributed by atoms with Crippen LogP contribution in [0.2, 0.25) is 0 Å². The van der Waals surface area contributed by atoms with E-state index in [1.807, 2.05) is 13.0 Å². The molecule has 2 amide bonds. The first-order chi connectivity index (χ1) is 8.99. The van der Waals surface area contributed by atoms with Crippen molar-refractivity contribution >= 4 is 17.7 Å². The summed E-state index contributed by atoms with van der Waals surface area (Å²) in [5.41, 5.74) is 7.05. The van der Waals surface area contributed by atoms with Crippen LogP contribution in [-0.4, -0.2) is 17.0 Å². The van der Waals surface area contributed by atoms with Gasteiger partial charge >= 0.3 is 0 Å². The first kappa shape index (κ1) is 12.8. The average molecular weight is 259 g/mol. The van der Waals surface area contributed by atoms with Gasteiger partial charge in [-0.3, -0.25) is 14.9 Å². The van der Waals surface area contributed by atoms with Crippen molar-refractivity contribution in [2.24, 2.45) is 5.73 Å². The van der Waals surface area contributed by atoms with Gasteiger partial charge in [-0.15, -0.1) is 0 Å². The van der Waals surface area contributed by atoms with E-state index in [1.165, 1.54) is 0 Å². The molecule has 0 fully saturated rings. The molecule has 2 rings (SSSR count). The number of hydrogen-bond donors (Lipinski definition) is 2. The van der Waals surface area contributed by atoms with Crippen molar-refractivity contribution in [3.05, 3.63) is 46.6 Å². The summed E-state index contributed by atoms with van der Waals surface area (Å²) >= 11 is 0. The fourth-order valence-corrected chi connectivity index (χ4v) is 1.71. The zero-order valence-electron chi connectivity index (χ0n) is 10.6. The molecule has 2 aromatic rings. The number of carbonyl (C=O) groups excluding carboxylic acids is 2. The topological polar surface area (TPSA) is 98.2 Å². The van der Waals surface area contributed by atoms with Gasteiger partial charge < -0.3 is 10.3 Å². The number of rotatable bonds is 3. The smallest absolute Gasteiger partial charge is 0.258 e. The lowest BCUT2D eigenvalue weighted by molar-refractivity contribution is 0.100. The van der Waals surface area contributed by atoms with Crippen LogP contribution >= 0.6 is 0 Å². The molecule has 1 heterocycles. The van der Waals surface area contributed by atoms with Gasteiger partial charge in [0.1, 0.15) is 5.56 Å². The number of anilines is 1. The number of nitrogens with zero attached hydrogens (tertiary/aromatic N) is 1. The van der Waals surface area contributed by atoms with Gasteiger partial charge in [0.05, 0.1) is 5.69 Å². The Bertz CT molecular complexity index is 646. The second-order valence-electron chi connectivity index (χ2n) is 4.16. The normalized spacial score (nSPS) is 10.2. The van der Waals surface area contributed by atoms with Crippen molar-refractivity contribution in [3.8, 4) is 0 Å². The quantitative estimate of drug-likeness (QED) is 0.875. The van der Waals surface area contributed by atoms with Crippen LogP contribution < -0.4 is 11.1 Å². The number of benzene rings is 1. The maximum absolute atomic E-state index is 12.0. The zero-order chi connectivity index (χ0) is 14.0. The van der Waals surface area contributed by atoms with Crippen LogP contribution in [0.5, 0.6) is 0 Å². The first-order valence-electron chi connectivity index (χ1n) is 5.63. The van der Waals surface area contributed by atoms with E-state index in [2.05, 4.69) is 10.5 Å². The Morgan fingerprint density at radius 3 is 2.68 bits per heavy atom. The molecule has 0 aliphatic rings. The molecule has 19 heavy (non-hydrogen) atoms. The van der Waals surface area contributed by atoms with Crippen LogP contribution in [0.3, 0.4) is 0 Å². The third-order valence-electron chi connectivity index (χ3n) is 2.62. The second kappa shape index (κ2) is 4.93. The van der Waals surface area contributed by atoms with Crippen LogP contribution in [0.25, 0.3) is 0 Å². The number of carbonyl (C=O) groups is 2. The van der Waals surface area contributed by atoms with E-state index in [0.717, 1.165) is 5.56 Å². The van der Waals surface area contributed by atoms with Gasteiger partial charge in [-0.1, -0.05) is 22.9 Å². The Balaban J connectivity index is 2.27. The maximum atomic E-state index is 12.0. The molecule has 0 unspecified atom stereocenters. The monoisotopic (exact) mass is 259 g/mol. The predicted octanol–water partition coefficient (Wildman–Crippen LogP) is 1.64. The number of primary amides is 1. The van der Waals surface area contributed by atoms with Gasteiger partial charge in [-0.2, -0.15) is 0 Å². The van der Waals surface area contributed by atoms with Crippen molar-refractivity contribution in [1.29, 1.82) is 0 Å². The molecule has 0 spiro atoms. The van der Waals surface area contributed by atoms with Gasteiger partial charge in [0.2, 0.25) is 5.88 Å². The van der Waals surface area contributed by atoms with Gasteiger partial charge in [0.15, 0.2) is 0 Å². The van der Waals surface area contributed by atoms with Crippen LogP contribution in [0.15, 0.2) is 28.8 Å². The van der Waals surface area contributed by atoms with E-state index in [1.54, 1.807) is 25.1 Å². The molecule has 0 radical (unpaired) electrons. The summed E-state index contributed by atoms with van der Waals surface area (Å²) in [5.74, 6) is -1.11. The third-order valence-corrected chi connectivity index (χ3v) is 2.62. The Morgan fingerprint density at radius 2 is 2.05 bits per heavy atom. The van der Waals surface area contributed by atoms with E-state index in [4.69, 9.17) is 10.3 Å². The molecule has 0 aliphatic carbocycles. The number of hydrogen-bond acceptors (Lipinski definition) is 4. The van der Waals surface area contributed by atoms with E-state index in [9.17, 15) is 9.59 Å². The van der Waals surface area contributed by atoms with Crippen LogP contribution in [0.1, 0.15) is 32.0 Å². The molecule has 3 N–H and O–H groups in total. The summed E-state index contributed by atoms with van der Waals surface area (Å²) in [4.78, 5) is 23.2. The lowest BCUT2D eigenvalue weighted by Crippen LogP contribution is -2.17. The minimum atomic E-state index is -0.696. The number of nitrogens with one attached hydrogen (secondary N) is 1. The van der Waals surface area contributed by atoms with E-state index < -0.39 is 5.91 Å². The lowest BCUT2D eigenvalue weighted by atomic mass is 10.1. The number of aromatic nitrogens is 1. The molecule has 0 bridgehead atoms. The Kier molecular flexibility index (Phi) is 3.33. The molecular weight excluding hydrogens is 246 g/mol. The van der Waals surface area contributed by atoms with Crippen molar-refractivity contribution < 1.29 is 14.1 Å². The van der Waals surface area contributed by atoms with Crippen LogP contribution in [0.4, 0.5) is 5.88 Å². The Morgan fingerprint density at radius 1 is 1.32 bits per heavy atom. The molecule has 1 aromatic heterocycles. The summed E-state index contributed by atoms with van der Waals surface area (Å²) in [6.07, 6.45) is 0. The molecule has 6 nitrogen and oxygen atoms in total. The fourth-order valence-electron chi connectivity index (χ4n) is 1.71. The summed E-state index contributed by atoms with van der Waals surface area (Å²) in [6.45, 7) is 3.45. The number of amides is 2. The molecule has 6 heteroatoms. The second-order valence-corrected chi connectivity index (χ2v) is 4.16. The molecule has 98 valence electrons. The lowest BCUT2D eigenvalue weighted by Gasteiger charge is -2.03. The van der Waals surface area contributed by atoms with Gasteiger partial charge in [0.25, 0.3) is 11.8 Å². The molecule has 0 saturated heterocycles. The standard InChI is InChI=1S/C13H13N3O3/c1-7-4-3-5-9(6-7)12(18)15-13-10(11(14)17)8(2)16-19-13/h3-6H,1-2H3,(H2,14,17)(H,15,18). The van der Waals surface area contributed by atoms with Crippen LogP contribution in [0, 0.1) is 13.8 Å². The number of aryl methyl sites for hydroxylation is 2. The van der Waals surface area contributed by atoms with Crippen molar-refractivity contribution in [1.82, 2.24) is 5.16 Å². The summed E-state index contributed by atoms with van der Waals surface area (Å²) < 4.78 is 4.90. The largest absolute Gasteiger partial charge is 0.365 e. The fraction of sp³-hybridized carbons (Fsp3) is 0.154. The highest BCUT2D eigenvalue weighted by Crippen LogP contribution is 2.19. The predicted molar refractivity (Wildman–Crippen MR) is 68.9 cm³/mol. The highest BCUT2D eigenvalue weighted by molar-refractivity contribution is 6.07. The minimum Gasteiger partial charge on any atom is -0.365 e. The van der Waals surface area contributed by atoms with Gasteiger partial charge in [0, 0.05) is 5.56 Å². The first-order valence-corrected chi connectivity index (χ1v) is 5.63. The SMILES string of the molecule is Cc1cccc(C(=O)Nc2onc(C)c2C(N)=O)c1. The van der Waals surface area contributed by atoms with Crippen molar-refractivity contribution in [3.63, 3.8) is 0 Å². The van der Waals surface area contributed by atoms with Gasteiger partial charge in [-0.05, 0) is 26.0 Å². The molecule has 0 atom stereocenters. The summed E-state index contributed by atoms with van der Waals surface area (Å²) in [6, 6.07) is 7.03. The van der Waals surface area contributed by atoms with Crippen molar-refractivity contribution in [2.45, 2.75) is 13.8 Å². The molecule has 0 saturated carbocycles. The third kappa shape index (κ3) is 2.62. The van der Waals surface area contributed by atoms with Crippen molar-refractivity contribution in [2.75, 3.05) is 5.32 Å². The summed E-state index contributed by atoms with van der Waals surface area (Å²) in [7, 11) is 0. The summed E-state index contributed by atoms with van der Waals surface area (Å²) in [5, 5.41) is 6.10. The Labute approximate surface area is 109 Å². The highest BCUT2D eigenvalue weighted by Gasteiger charge is 2.20. The average Bonchev–Trinajstić information content (AvgIpc) is 2.70. The van der Waals surface area contributed by atoms with E-state index in [0.29, 0.717) is 11.3 Å². The highest BCUT2D eigenvalue weighted by atomic mass is 16.5. The van der Waals surface area contributed by atoms with E-state index in [-0.39, 0.29) is 17.4 Å². The Hall–Kier alpha value is -2.63. The van der Waals surface area contributed by atoms with Gasteiger partial charge in [-0.25, -0.2) is 0 Å². The van der Waals surface area contributed by atoms with E-state index >= 15 is 0 Å². The zero-order valence-corrected chi connectivity index (χ0v) is 10.6. The van der Waals surface area contributed by atoms with Crippen LogP contribution in [-0.2, 0) is 0 Å². The maximum Gasteiger partial charge on any atom is 0.258 e. The minimum absolute atomic E-state index is 0.0310. The number of nitrogens with two attached hydrogens (primary N) is 1. The molecule has 1 aromatic carbocycles. The molecular formula is C13H13N3O3. The molecule has 0 aliphatic heterocycles.